The van der Waals surface area contributed by atoms with E-state index in [4.69, 9.17) is 15.0 Å². The molecule has 0 unspecified atom stereocenters. The van der Waals surface area contributed by atoms with Gasteiger partial charge in [0.15, 0.2) is 0 Å². The lowest BCUT2D eigenvalue weighted by Crippen LogP contribution is -2.28. The predicted molar refractivity (Wildman–Crippen MR) is 107 cm³/mol. The van der Waals surface area contributed by atoms with Crippen molar-refractivity contribution in [3.63, 3.8) is 0 Å². The SMILES string of the molecule is [N-]=[N+]=Nc1ccc(COC(=O)NCCCCNC(=O)OCc2ccccc2)cc1. The Hall–Kier alpha value is -3.71. The zero-order valence-corrected chi connectivity index (χ0v) is 15.9. The first-order valence-electron chi connectivity index (χ1n) is 9.16. The maximum atomic E-state index is 11.7. The zero-order chi connectivity index (χ0) is 20.7. The molecule has 29 heavy (non-hydrogen) atoms. The van der Waals surface area contributed by atoms with Crippen LogP contribution in [0.2, 0.25) is 0 Å². The summed E-state index contributed by atoms with van der Waals surface area (Å²) in [5.74, 6) is 0. The molecule has 0 spiro atoms. The lowest BCUT2D eigenvalue weighted by molar-refractivity contribution is 0.137. The molecule has 0 radical (unpaired) electrons. The Bertz CT molecular complexity index is 821. The van der Waals surface area contributed by atoms with Crippen molar-refractivity contribution < 1.29 is 19.1 Å². The molecule has 2 aromatic carbocycles. The van der Waals surface area contributed by atoms with E-state index >= 15 is 0 Å². The van der Waals surface area contributed by atoms with Crippen molar-refractivity contribution in [3.8, 4) is 0 Å². The molecule has 0 heterocycles. The number of nitrogens with zero attached hydrogens (tertiary/aromatic N) is 3. The highest BCUT2D eigenvalue weighted by molar-refractivity contribution is 5.67. The van der Waals surface area contributed by atoms with Crippen molar-refractivity contribution >= 4 is 17.9 Å². The lowest BCUT2D eigenvalue weighted by Gasteiger charge is -2.08. The number of unbranched alkanes of at least 4 members (excludes halogenated alkanes) is 1. The van der Waals surface area contributed by atoms with Crippen LogP contribution in [0.5, 0.6) is 0 Å². The van der Waals surface area contributed by atoms with Gasteiger partial charge < -0.3 is 20.1 Å². The van der Waals surface area contributed by atoms with Crippen LogP contribution in [0.15, 0.2) is 59.7 Å². The summed E-state index contributed by atoms with van der Waals surface area (Å²) in [7, 11) is 0. The molecule has 2 N–H and O–H groups in total. The molecular weight excluding hydrogens is 374 g/mol. The molecule has 9 heteroatoms. The average Bonchev–Trinajstić information content (AvgIpc) is 2.75. The number of rotatable bonds is 10. The fraction of sp³-hybridized carbons (Fsp3) is 0.300. The van der Waals surface area contributed by atoms with Crippen LogP contribution >= 0.6 is 0 Å². The third-order valence-corrected chi connectivity index (χ3v) is 3.82. The van der Waals surface area contributed by atoms with Gasteiger partial charge in [0.2, 0.25) is 0 Å². The van der Waals surface area contributed by atoms with E-state index in [1.807, 2.05) is 30.3 Å². The second-order valence-corrected chi connectivity index (χ2v) is 6.05. The summed E-state index contributed by atoms with van der Waals surface area (Å²) in [6, 6.07) is 16.2. The molecule has 0 saturated heterocycles. The van der Waals surface area contributed by atoms with Crippen LogP contribution in [-0.4, -0.2) is 25.3 Å². The first kappa shape index (κ1) is 21.6. The fourth-order valence-electron chi connectivity index (χ4n) is 2.32. The van der Waals surface area contributed by atoms with Gasteiger partial charge in [-0.1, -0.05) is 59.7 Å². The van der Waals surface area contributed by atoms with Gasteiger partial charge in [0.05, 0.1) is 0 Å². The number of hydrogen-bond acceptors (Lipinski definition) is 5. The smallest absolute Gasteiger partial charge is 0.407 e. The van der Waals surface area contributed by atoms with Crippen LogP contribution in [0, 0.1) is 0 Å². The van der Waals surface area contributed by atoms with E-state index in [0.29, 0.717) is 31.6 Å². The molecule has 0 aliphatic carbocycles. The number of hydrogen-bond donors (Lipinski definition) is 2. The first-order chi connectivity index (χ1) is 14.2. The van der Waals surface area contributed by atoms with Gasteiger partial charge in [0, 0.05) is 23.7 Å². The minimum absolute atomic E-state index is 0.122. The van der Waals surface area contributed by atoms with Crippen LogP contribution in [0.4, 0.5) is 15.3 Å². The van der Waals surface area contributed by atoms with Gasteiger partial charge in [-0.3, -0.25) is 0 Å². The van der Waals surface area contributed by atoms with Gasteiger partial charge in [-0.15, -0.1) is 0 Å². The maximum Gasteiger partial charge on any atom is 0.407 e. The highest BCUT2D eigenvalue weighted by Crippen LogP contribution is 2.13. The molecular formula is C20H23N5O4. The van der Waals surface area contributed by atoms with Crippen LogP contribution in [0.1, 0.15) is 24.0 Å². The number of alkyl carbamates (subject to hydrolysis) is 2. The molecule has 0 atom stereocenters. The van der Waals surface area contributed by atoms with Gasteiger partial charge in [-0.2, -0.15) is 0 Å². The molecule has 2 aromatic rings. The highest BCUT2D eigenvalue weighted by atomic mass is 16.6. The fourth-order valence-corrected chi connectivity index (χ4v) is 2.32. The Kier molecular flexibility index (Phi) is 9.41. The van der Waals surface area contributed by atoms with Crippen LogP contribution in [0.25, 0.3) is 10.4 Å². The summed E-state index contributed by atoms with van der Waals surface area (Å²) in [5.41, 5.74) is 10.6. The Morgan fingerprint density at radius 2 is 1.34 bits per heavy atom. The zero-order valence-electron chi connectivity index (χ0n) is 15.9. The van der Waals surface area contributed by atoms with Crippen molar-refractivity contribution in [1.82, 2.24) is 10.6 Å². The number of nitrogens with one attached hydrogen (secondary N) is 2. The summed E-state index contributed by atoms with van der Waals surface area (Å²) in [6.07, 6.45) is 0.406. The molecule has 2 rings (SSSR count). The Balaban J connectivity index is 1.48. The van der Waals surface area contributed by atoms with Crippen molar-refractivity contribution in [2.75, 3.05) is 13.1 Å². The second kappa shape index (κ2) is 12.6. The lowest BCUT2D eigenvalue weighted by atomic mass is 10.2. The van der Waals surface area contributed by atoms with E-state index in [1.165, 1.54) is 0 Å². The van der Waals surface area contributed by atoms with Gasteiger partial charge in [-0.25, -0.2) is 9.59 Å². The van der Waals surface area contributed by atoms with Crippen molar-refractivity contribution in [2.24, 2.45) is 5.11 Å². The second-order valence-electron chi connectivity index (χ2n) is 6.05. The normalized spacial score (nSPS) is 9.79. The summed E-state index contributed by atoms with van der Waals surface area (Å²) in [6.45, 7) is 1.25. The van der Waals surface area contributed by atoms with Crippen LogP contribution < -0.4 is 10.6 Å². The summed E-state index contributed by atoms with van der Waals surface area (Å²) < 4.78 is 10.2. The Morgan fingerprint density at radius 1 is 0.828 bits per heavy atom. The third kappa shape index (κ3) is 9.16. The molecule has 152 valence electrons. The monoisotopic (exact) mass is 397 g/mol. The molecule has 0 aliphatic rings. The molecule has 9 nitrogen and oxygen atoms in total. The van der Waals surface area contributed by atoms with Gasteiger partial charge in [0.1, 0.15) is 13.2 Å². The summed E-state index contributed by atoms with van der Waals surface area (Å²) in [4.78, 5) is 25.9. The van der Waals surface area contributed by atoms with E-state index in [-0.39, 0.29) is 13.2 Å². The topological polar surface area (TPSA) is 125 Å². The van der Waals surface area contributed by atoms with Crippen LogP contribution in [-0.2, 0) is 22.7 Å². The quantitative estimate of drug-likeness (QED) is 0.264. The number of amides is 2. The number of azide groups is 1. The average molecular weight is 397 g/mol. The minimum Gasteiger partial charge on any atom is -0.445 e. The molecule has 0 aromatic heterocycles. The summed E-state index contributed by atoms with van der Waals surface area (Å²) >= 11 is 0. The van der Waals surface area contributed by atoms with Gasteiger partial charge in [0.25, 0.3) is 0 Å². The number of carbonyl (C=O) groups excluding carboxylic acids is 2. The number of ether oxygens (including phenoxy) is 2. The summed E-state index contributed by atoms with van der Waals surface area (Å²) in [5, 5.41) is 8.78. The maximum absolute atomic E-state index is 11.7. The predicted octanol–water partition coefficient (Wildman–Crippen LogP) is 4.56. The van der Waals surface area contributed by atoms with Gasteiger partial charge in [-0.05, 0) is 29.5 Å². The van der Waals surface area contributed by atoms with E-state index in [1.54, 1.807) is 24.3 Å². The third-order valence-electron chi connectivity index (χ3n) is 3.82. The van der Waals surface area contributed by atoms with Crippen molar-refractivity contribution in [3.05, 3.63) is 76.2 Å². The Morgan fingerprint density at radius 3 is 1.86 bits per heavy atom. The first-order valence-corrected chi connectivity index (χ1v) is 9.16. The van der Waals surface area contributed by atoms with Crippen molar-refractivity contribution in [2.45, 2.75) is 26.1 Å². The van der Waals surface area contributed by atoms with Crippen LogP contribution in [0.3, 0.4) is 0 Å². The van der Waals surface area contributed by atoms with E-state index in [9.17, 15) is 9.59 Å². The molecule has 2 amide bonds. The van der Waals surface area contributed by atoms with E-state index < -0.39 is 12.2 Å². The highest BCUT2D eigenvalue weighted by Gasteiger charge is 2.04. The number of carbonyl (C=O) groups is 2. The molecule has 0 bridgehead atoms. The molecule has 0 saturated carbocycles. The van der Waals surface area contributed by atoms with Crippen molar-refractivity contribution in [1.29, 1.82) is 0 Å². The van der Waals surface area contributed by atoms with Gasteiger partial charge >= 0.3 is 12.2 Å². The minimum atomic E-state index is -0.514. The molecule has 0 aliphatic heterocycles. The standard InChI is InChI=1S/C20H23N5O4/c21-25-24-18-10-8-17(9-11-18)15-29-20(27)23-13-5-4-12-22-19(26)28-14-16-6-2-1-3-7-16/h1-3,6-11H,4-5,12-15H2,(H,22,26)(H,23,27). The largest absolute Gasteiger partial charge is 0.445 e. The van der Waals surface area contributed by atoms with E-state index in [2.05, 4.69) is 20.7 Å². The number of benzene rings is 2. The molecule has 0 fully saturated rings. The Labute approximate surface area is 168 Å². The van der Waals surface area contributed by atoms with E-state index in [0.717, 1.165) is 11.1 Å².